The number of carbonyl (C=O) groups excluding carboxylic acids is 2. The highest BCUT2D eigenvalue weighted by molar-refractivity contribution is 5.87. The van der Waals surface area contributed by atoms with E-state index in [0.29, 0.717) is 6.04 Å². The Labute approximate surface area is 189 Å². The number of hydrogen-bond acceptors (Lipinski definition) is 4. The van der Waals surface area contributed by atoms with E-state index in [4.69, 9.17) is 0 Å². The van der Waals surface area contributed by atoms with Crippen LogP contribution in [0.25, 0.3) is 0 Å². The Balaban J connectivity index is 1.46. The zero-order valence-corrected chi connectivity index (χ0v) is 18.7. The van der Waals surface area contributed by atoms with Crippen LogP contribution in [0.15, 0.2) is 54.6 Å². The Morgan fingerprint density at radius 3 is 2.56 bits per heavy atom. The summed E-state index contributed by atoms with van der Waals surface area (Å²) < 4.78 is 0. The third-order valence-corrected chi connectivity index (χ3v) is 8.30. The van der Waals surface area contributed by atoms with E-state index < -0.39 is 0 Å². The number of para-hydroxylation sites is 1. The van der Waals surface area contributed by atoms with Gasteiger partial charge in [-0.3, -0.25) is 24.3 Å². The summed E-state index contributed by atoms with van der Waals surface area (Å²) in [4.78, 5) is 34.3. The fraction of sp³-hybridized carbons (Fsp3) is 0.462. The number of nitrogens with zero attached hydrogens (tertiary/aromatic N) is 4. The first kappa shape index (κ1) is 19.9. The van der Waals surface area contributed by atoms with Crippen LogP contribution in [0, 0.1) is 0 Å². The lowest BCUT2D eigenvalue weighted by Gasteiger charge is -2.54. The lowest BCUT2D eigenvalue weighted by Crippen LogP contribution is -2.68. The molecule has 4 aliphatic heterocycles. The molecule has 0 saturated carbocycles. The van der Waals surface area contributed by atoms with Crippen molar-refractivity contribution < 1.29 is 9.59 Å². The van der Waals surface area contributed by atoms with Crippen LogP contribution in [0.3, 0.4) is 0 Å². The topological polar surface area (TPSA) is 47.1 Å². The molecule has 4 heterocycles. The summed E-state index contributed by atoms with van der Waals surface area (Å²) in [5.41, 5.74) is 3.27. The summed E-state index contributed by atoms with van der Waals surface area (Å²) in [5, 5.41) is 0. The van der Waals surface area contributed by atoms with Gasteiger partial charge < -0.3 is 4.90 Å². The number of piperidine rings is 1. The SMILES string of the molecule is CC(=O)N1[C@@H]2CN3[C@@H](C)CN(Cc4ccccc4)C[C@@H]3[C@]3(C2)c2ccccc2N(C=O)[C@@H]13. The van der Waals surface area contributed by atoms with Crippen molar-refractivity contribution in [1.29, 1.82) is 0 Å². The summed E-state index contributed by atoms with van der Waals surface area (Å²) in [6.45, 7) is 7.74. The Bertz CT molecular complexity index is 1060. The summed E-state index contributed by atoms with van der Waals surface area (Å²) in [6.07, 6.45) is 1.62. The van der Waals surface area contributed by atoms with E-state index in [2.05, 4.69) is 59.2 Å². The first-order valence-corrected chi connectivity index (χ1v) is 11.7. The molecule has 2 aromatic rings. The van der Waals surface area contributed by atoms with E-state index in [9.17, 15) is 9.59 Å². The van der Waals surface area contributed by atoms with Gasteiger partial charge in [0.15, 0.2) is 0 Å². The summed E-state index contributed by atoms with van der Waals surface area (Å²) in [7, 11) is 0. The van der Waals surface area contributed by atoms with Crippen molar-refractivity contribution in [3.63, 3.8) is 0 Å². The third kappa shape index (κ3) is 2.60. The van der Waals surface area contributed by atoms with Crippen LogP contribution in [-0.2, 0) is 21.5 Å². The largest absolute Gasteiger partial charge is 0.317 e. The van der Waals surface area contributed by atoms with Gasteiger partial charge in [-0.2, -0.15) is 0 Å². The standard InChI is InChI=1S/C26H30N4O2/c1-18-13-27(14-20-8-4-3-5-9-20)16-24-26-12-21(15-28(18)24)30(19(2)32)25(26)29(17-31)23-11-7-6-10-22(23)26/h3-11,17-18,21,24-25H,12-16H2,1-2H3/t18-,21-,24+,25-,26-/m0/s1. The monoisotopic (exact) mass is 430 g/mol. The zero-order valence-electron chi connectivity index (χ0n) is 18.7. The van der Waals surface area contributed by atoms with E-state index in [1.165, 1.54) is 11.1 Å². The lowest BCUT2D eigenvalue weighted by atomic mass is 9.68. The van der Waals surface area contributed by atoms with E-state index in [-0.39, 0.29) is 29.6 Å². The predicted molar refractivity (Wildman–Crippen MR) is 123 cm³/mol. The number of benzene rings is 2. The molecule has 2 aromatic carbocycles. The maximum Gasteiger partial charge on any atom is 0.221 e. The second-order valence-electron chi connectivity index (χ2n) is 9.97. The van der Waals surface area contributed by atoms with Gasteiger partial charge in [0.1, 0.15) is 6.17 Å². The first-order chi connectivity index (χ1) is 15.5. The predicted octanol–water partition coefficient (Wildman–Crippen LogP) is 2.44. The normalized spacial score (nSPS) is 33.6. The van der Waals surface area contributed by atoms with Crippen LogP contribution in [0.2, 0.25) is 0 Å². The average Bonchev–Trinajstić information content (AvgIpc) is 3.21. The molecular weight excluding hydrogens is 400 g/mol. The molecule has 6 nitrogen and oxygen atoms in total. The van der Waals surface area contributed by atoms with Crippen molar-refractivity contribution in [3.8, 4) is 0 Å². The van der Waals surface area contributed by atoms with Crippen molar-refractivity contribution in [2.24, 2.45) is 0 Å². The van der Waals surface area contributed by atoms with Crippen LogP contribution in [0.4, 0.5) is 5.69 Å². The number of fused-ring (bicyclic) bond motifs is 3. The zero-order chi connectivity index (χ0) is 22.0. The van der Waals surface area contributed by atoms with E-state index >= 15 is 0 Å². The molecule has 0 radical (unpaired) electrons. The van der Waals surface area contributed by atoms with Crippen LogP contribution < -0.4 is 4.90 Å². The molecule has 3 fully saturated rings. The molecule has 6 rings (SSSR count). The second kappa shape index (κ2) is 7.15. The quantitative estimate of drug-likeness (QED) is 0.702. The number of likely N-dealkylation sites (tertiary alicyclic amines) is 1. The van der Waals surface area contributed by atoms with E-state index in [1.807, 2.05) is 21.9 Å². The Kier molecular flexibility index (Phi) is 4.46. The summed E-state index contributed by atoms with van der Waals surface area (Å²) in [5.74, 6) is 0.0650. The molecule has 0 N–H and O–H groups in total. The molecule has 166 valence electrons. The van der Waals surface area contributed by atoms with Gasteiger partial charge in [-0.25, -0.2) is 0 Å². The highest BCUT2D eigenvalue weighted by atomic mass is 16.2. The Morgan fingerprint density at radius 2 is 1.81 bits per heavy atom. The lowest BCUT2D eigenvalue weighted by molar-refractivity contribution is -0.132. The number of piperazine rings is 1. The molecule has 6 heteroatoms. The number of rotatable bonds is 3. The molecule has 2 bridgehead atoms. The number of amides is 2. The highest BCUT2D eigenvalue weighted by Crippen LogP contribution is 2.59. The summed E-state index contributed by atoms with van der Waals surface area (Å²) >= 11 is 0. The fourth-order valence-electron chi connectivity index (χ4n) is 7.27. The van der Waals surface area contributed by atoms with Gasteiger partial charge in [0.25, 0.3) is 0 Å². The van der Waals surface area contributed by atoms with E-state index in [1.54, 1.807) is 6.92 Å². The van der Waals surface area contributed by atoms with Gasteiger partial charge in [0.05, 0.1) is 5.41 Å². The van der Waals surface area contributed by atoms with Crippen molar-refractivity contribution in [3.05, 3.63) is 65.7 Å². The summed E-state index contributed by atoms with van der Waals surface area (Å²) in [6, 6.07) is 19.8. The van der Waals surface area contributed by atoms with Crippen LogP contribution >= 0.6 is 0 Å². The maximum absolute atomic E-state index is 12.9. The van der Waals surface area contributed by atoms with Gasteiger partial charge in [0.2, 0.25) is 12.3 Å². The molecule has 32 heavy (non-hydrogen) atoms. The molecule has 0 aromatic heterocycles. The molecule has 0 unspecified atom stereocenters. The van der Waals surface area contributed by atoms with E-state index in [0.717, 1.165) is 44.7 Å². The minimum Gasteiger partial charge on any atom is -0.317 e. The molecule has 2 amide bonds. The van der Waals surface area contributed by atoms with Gasteiger partial charge in [-0.1, -0.05) is 48.5 Å². The molecular formula is C26H30N4O2. The van der Waals surface area contributed by atoms with Gasteiger partial charge >= 0.3 is 0 Å². The van der Waals surface area contributed by atoms with Crippen molar-refractivity contribution in [1.82, 2.24) is 14.7 Å². The first-order valence-electron chi connectivity index (χ1n) is 11.7. The van der Waals surface area contributed by atoms with Crippen LogP contribution in [0.5, 0.6) is 0 Å². The van der Waals surface area contributed by atoms with Crippen molar-refractivity contribution in [2.75, 3.05) is 24.5 Å². The van der Waals surface area contributed by atoms with Gasteiger partial charge in [-0.15, -0.1) is 0 Å². The third-order valence-electron chi connectivity index (χ3n) is 8.30. The second-order valence-corrected chi connectivity index (χ2v) is 9.97. The molecule has 4 aliphatic rings. The van der Waals surface area contributed by atoms with Crippen molar-refractivity contribution >= 4 is 18.0 Å². The Hall–Kier alpha value is -2.70. The molecule has 0 aliphatic carbocycles. The smallest absolute Gasteiger partial charge is 0.221 e. The maximum atomic E-state index is 12.9. The molecule has 3 saturated heterocycles. The number of carbonyl (C=O) groups is 2. The fourth-order valence-corrected chi connectivity index (χ4v) is 7.27. The van der Waals surface area contributed by atoms with Crippen LogP contribution in [-0.4, -0.2) is 70.9 Å². The highest BCUT2D eigenvalue weighted by Gasteiger charge is 2.69. The Morgan fingerprint density at radius 1 is 1.06 bits per heavy atom. The average molecular weight is 431 g/mol. The van der Waals surface area contributed by atoms with Crippen molar-refractivity contribution in [2.45, 2.75) is 56.5 Å². The number of hydrogen-bond donors (Lipinski definition) is 0. The van der Waals surface area contributed by atoms with Crippen LogP contribution in [0.1, 0.15) is 31.4 Å². The minimum absolute atomic E-state index is 0.0650. The van der Waals surface area contributed by atoms with Gasteiger partial charge in [-0.05, 0) is 30.5 Å². The molecule has 1 spiro atoms. The number of anilines is 1. The molecule has 5 atom stereocenters. The van der Waals surface area contributed by atoms with Gasteiger partial charge in [0, 0.05) is 56.9 Å². The minimum atomic E-state index is -0.254.